The largest absolute Gasteiger partial charge is 0.106 e. The van der Waals surface area contributed by atoms with Crippen LogP contribution < -0.4 is 0 Å². The van der Waals surface area contributed by atoms with E-state index in [4.69, 9.17) is 0 Å². The van der Waals surface area contributed by atoms with Crippen molar-refractivity contribution in [2.24, 2.45) is 5.92 Å². The zero-order chi connectivity index (χ0) is 10.4. The molecule has 0 atom stereocenters. The van der Waals surface area contributed by atoms with Gasteiger partial charge in [-0.15, -0.1) is 13.2 Å². The summed E-state index contributed by atoms with van der Waals surface area (Å²) >= 11 is 0. The molecule has 0 heterocycles. The Morgan fingerprint density at radius 3 is 1.17 bits per heavy atom. The summed E-state index contributed by atoms with van der Waals surface area (Å²) in [6.45, 7) is 17.1. The van der Waals surface area contributed by atoms with Crippen LogP contribution in [0.5, 0.6) is 0 Å². The van der Waals surface area contributed by atoms with Crippen molar-refractivity contribution in [3.63, 3.8) is 0 Å². The lowest BCUT2D eigenvalue weighted by molar-refractivity contribution is 0.576. The molecule has 0 saturated heterocycles. The SMILES string of the molecule is C=C.CCCC.CCCC(C)C. The fourth-order valence-corrected chi connectivity index (χ4v) is 0.577. The van der Waals surface area contributed by atoms with Gasteiger partial charge in [0.2, 0.25) is 0 Å². The Hall–Kier alpha value is -0.260. The van der Waals surface area contributed by atoms with Crippen LogP contribution >= 0.6 is 0 Å². The van der Waals surface area contributed by atoms with E-state index in [9.17, 15) is 0 Å². The van der Waals surface area contributed by atoms with Crippen LogP contribution in [-0.4, -0.2) is 0 Å². The molecule has 0 rings (SSSR count). The highest BCUT2D eigenvalue weighted by Gasteiger charge is 1.85. The normalized spacial score (nSPS) is 7.83. The molecular weight excluding hydrogens is 144 g/mol. The van der Waals surface area contributed by atoms with Crippen LogP contribution in [-0.2, 0) is 0 Å². The number of unbranched alkanes of at least 4 members (excludes halogenated alkanes) is 1. The number of hydrogen-bond donors (Lipinski definition) is 0. The summed E-state index contributed by atoms with van der Waals surface area (Å²) in [5.74, 6) is 0.898. The van der Waals surface area contributed by atoms with E-state index < -0.39 is 0 Å². The van der Waals surface area contributed by atoms with E-state index >= 15 is 0 Å². The minimum Gasteiger partial charge on any atom is -0.106 e. The van der Waals surface area contributed by atoms with E-state index in [0.29, 0.717) is 0 Å². The summed E-state index contributed by atoms with van der Waals surface area (Å²) in [6.07, 6.45) is 5.34. The predicted octanol–water partition coefficient (Wildman–Crippen LogP) is 5.05. The van der Waals surface area contributed by atoms with Gasteiger partial charge in [-0.25, -0.2) is 0 Å². The minimum atomic E-state index is 0.898. The zero-order valence-corrected chi connectivity index (χ0v) is 9.82. The van der Waals surface area contributed by atoms with Crippen LogP contribution in [0.15, 0.2) is 13.2 Å². The van der Waals surface area contributed by atoms with E-state index in [1.54, 1.807) is 0 Å². The van der Waals surface area contributed by atoms with Crippen molar-refractivity contribution < 1.29 is 0 Å². The zero-order valence-electron chi connectivity index (χ0n) is 9.82. The lowest BCUT2D eigenvalue weighted by Crippen LogP contribution is -1.81. The average Bonchev–Trinajstić information content (AvgIpc) is 2.08. The molecule has 12 heavy (non-hydrogen) atoms. The van der Waals surface area contributed by atoms with Gasteiger partial charge in [-0.2, -0.15) is 0 Å². The second-order valence-electron chi connectivity index (χ2n) is 3.18. The minimum absolute atomic E-state index is 0.898. The summed E-state index contributed by atoms with van der Waals surface area (Å²) in [5.41, 5.74) is 0. The van der Waals surface area contributed by atoms with E-state index in [0.717, 1.165) is 5.92 Å². The van der Waals surface area contributed by atoms with Crippen molar-refractivity contribution in [2.75, 3.05) is 0 Å². The van der Waals surface area contributed by atoms with Gasteiger partial charge in [0.25, 0.3) is 0 Å². The van der Waals surface area contributed by atoms with Gasteiger partial charge in [-0.1, -0.05) is 60.3 Å². The van der Waals surface area contributed by atoms with Crippen molar-refractivity contribution >= 4 is 0 Å². The summed E-state index contributed by atoms with van der Waals surface area (Å²) in [5, 5.41) is 0. The van der Waals surface area contributed by atoms with Crippen molar-refractivity contribution in [1.82, 2.24) is 0 Å². The molecule has 0 aliphatic carbocycles. The second-order valence-corrected chi connectivity index (χ2v) is 3.18. The summed E-state index contributed by atoms with van der Waals surface area (Å²) in [7, 11) is 0. The fourth-order valence-electron chi connectivity index (χ4n) is 0.577. The third kappa shape index (κ3) is 53.2. The van der Waals surface area contributed by atoms with E-state index in [1.165, 1.54) is 25.7 Å². The smallest absolute Gasteiger partial charge is 0.0471 e. The van der Waals surface area contributed by atoms with Gasteiger partial charge in [0.15, 0.2) is 0 Å². The maximum atomic E-state index is 3.00. The molecule has 0 unspecified atom stereocenters. The first-order valence-corrected chi connectivity index (χ1v) is 5.18. The summed E-state index contributed by atoms with van der Waals surface area (Å²) in [4.78, 5) is 0. The topological polar surface area (TPSA) is 0 Å². The predicted molar refractivity (Wildman–Crippen MR) is 61.6 cm³/mol. The van der Waals surface area contributed by atoms with Crippen LogP contribution in [0.1, 0.15) is 60.3 Å². The van der Waals surface area contributed by atoms with Crippen molar-refractivity contribution in [1.29, 1.82) is 0 Å². The van der Waals surface area contributed by atoms with E-state index in [1.807, 2.05) is 0 Å². The van der Waals surface area contributed by atoms with Gasteiger partial charge in [0, 0.05) is 0 Å². The van der Waals surface area contributed by atoms with Crippen LogP contribution in [0.3, 0.4) is 0 Å². The Balaban J connectivity index is -0.000000118. The molecule has 0 N–H and O–H groups in total. The van der Waals surface area contributed by atoms with Gasteiger partial charge >= 0.3 is 0 Å². The number of rotatable bonds is 3. The molecule has 0 aromatic rings. The molecule has 0 aliphatic rings. The molecule has 0 heteroatoms. The quantitative estimate of drug-likeness (QED) is 0.522. The molecule has 76 valence electrons. The summed E-state index contributed by atoms with van der Waals surface area (Å²) in [6, 6.07) is 0. The first-order valence-electron chi connectivity index (χ1n) is 5.18. The van der Waals surface area contributed by atoms with Crippen molar-refractivity contribution in [3.05, 3.63) is 13.2 Å². The molecule has 0 aromatic carbocycles. The van der Waals surface area contributed by atoms with Crippen LogP contribution in [0.25, 0.3) is 0 Å². The van der Waals surface area contributed by atoms with Crippen LogP contribution in [0.2, 0.25) is 0 Å². The maximum Gasteiger partial charge on any atom is -0.0471 e. The summed E-state index contributed by atoms with van der Waals surface area (Å²) < 4.78 is 0. The molecule has 0 amide bonds. The second kappa shape index (κ2) is 22.4. The highest BCUT2D eigenvalue weighted by atomic mass is 13.9. The first-order chi connectivity index (χ1) is 5.68. The van der Waals surface area contributed by atoms with Gasteiger partial charge in [0.05, 0.1) is 0 Å². The molecule has 0 saturated carbocycles. The lowest BCUT2D eigenvalue weighted by Gasteiger charge is -1.95. The standard InChI is InChI=1S/C6H14.C4H10.C2H4/c1-4-5-6(2)3;1-3-4-2;1-2/h6H,4-5H2,1-3H3;3-4H2,1-2H3;1-2H2. The molecule has 0 aliphatic heterocycles. The Kier molecular flexibility index (Phi) is 33.1. The highest BCUT2D eigenvalue weighted by Crippen LogP contribution is 2.00. The van der Waals surface area contributed by atoms with Crippen LogP contribution in [0.4, 0.5) is 0 Å². The maximum absolute atomic E-state index is 3.00. The molecule has 0 spiro atoms. The van der Waals surface area contributed by atoms with Crippen molar-refractivity contribution in [2.45, 2.75) is 60.3 Å². The van der Waals surface area contributed by atoms with Gasteiger partial charge < -0.3 is 0 Å². The molecule has 0 aromatic heterocycles. The number of hydrogen-bond acceptors (Lipinski definition) is 0. The van der Waals surface area contributed by atoms with Gasteiger partial charge in [-0.05, 0) is 5.92 Å². The van der Waals surface area contributed by atoms with E-state index in [2.05, 4.69) is 47.8 Å². The molecular formula is C12H28. The third-order valence-corrected chi connectivity index (χ3v) is 1.37. The van der Waals surface area contributed by atoms with Gasteiger partial charge in [0.1, 0.15) is 0 Å². The lowest BCUT2D eigenvalue weighted by atomic mass is 10.1. The molecule has 0 bridgehead atoms. The fraction of sp³-hybridized carbons (Fsp3) is 0.833. The van der Waals surface area contributed by atoms with Crippen LogP contribution in [0, 0.1) is 5.92 Å². The monoisotopic (exact) mass is 172 g/mol. The third-order valence-electron chi connectivity index (χ3n) is 1.37. The Bertz CT molecular complexity index is 44.0. The Morgan fingerprint density at radius 2 is 1.17 bits per heavy atom. The molecule has 0 nitrogen and oxygen atoms in total. The average molecular weight is 172 g/mol. The van der Waals surface area contributed by atoms with E-state index in [-0.39, 0.29) is 0 Å². The molecule has 0 radical (unpaired) electrons. The van der Waals surface area contributed by atoms with Gasteiger partial charge in [-0.3, -0.25) is 0 Å². The Labute approximate surface area is 80.1 Å². The highest BCUT2D eigenvalue weighted by molar-refractivity contribution is 4.38. The Morgan fingerprint density at radius 1 is 0.833 bits per heavy atom. The van der Waals surface area contributed by atoms with Crippen molar-refractivity contribution in [3.8, 4) is 0 Å². The molecule has 0 fully saturated rings. The first kappa shape index (κ1) is 17.7.